The molecule has 5 rings (SSSR count). The van der Waals surface area contributed by atoms with Gasteiger partial charge in [0, 0.05) is 23.1 Å². The maximum atomic E-state index is 14.9. The highest BCUT2D eigenvalue weighted by atomic mass is 32.1. The Labute approximate surface area is 186 Å². The molecule has 0 bridgehead atoms. The summed E-state index contributed by atoms with van der Waals surface area (Å²) in [6, 6.07) is 20.1. The summed E-state index contributed by atoms with van der Waals surface area (Å²) in [5.41, 5.74) is 4.70. The quantitative estimate of drug-likeness (QED) is 0.394. The molecule has 0 spiro atoms. The second-order valence-corrected chi connectivity index (χ2v) is 10.4. The number of thiazole rings is 1. The van der Waals surface area contributed by atoms with Crippen LogP contribution in [0, 0.1) is 5.82 Å². The molecule has 0 atom stereocenters. The summed E-state index contributed by atoms with van der Waals surface area (Å²) in [5, 5.41) is 4.07. The molecule has 0 saturated heterocycles. The molecule has 0 radical (unpaired) electrons. The van der Waals surface area contributed by atoms with Crippen LogP contribution in [0.5, 0.6) is 0 Å². The zero-order chi connectivity index (χ0) is 21.6. The molecule has 1 fully saturated rings. The highest BCUT2D eigenvalue weighted by molar-refractivity contribution is 7.21. The first-order valence-electron chi connectivity index (χ1n) is 10.7. The molecular weight excluding hydrogens is 405 g/mol. The molecule has 31 heavy (non-hydrogen) atoms. The number of nitrogens with zero attached hydrogens (tertiary/aromatic N) is 2. The van der Waals surface area contributed by atoms with Crippen molar-refractivity contribution in [1.29, 1.82) is 0 Å². The fourth-order valence-electron chi connectivity index (χ4n) is 3.98. The summed E-state index contributed by atoms with van der Waals surface area (Å²) in [7, 11) is 0. The van der Waals surface area contributed by atoms with Crippen molar-refractivity contribution in [1.82, 2.24) is 15.3 Å². The van der Waals surface area contributed by atoms with Gasteiger partial charge in [0.2, 0.25) is 0 Å². The predicted octanol–water partition coefficient (Wildman–Crippen LogP) is 6.47. The molecule has 2 aromatic carbocycles. The maximum Gasteiger partial charge on any atom is 0.144 e. The topological polar surface area (TPSA) is 37.8 Å². The van der Waals surface area contributed by atoms with E-state index in [1.54, 1.807) is 6.07 Å². The molecule has 1 aliphatic carbocycles. The van der Waals surface area contributed by atoms with Crippen molar-refractivity contribution < 1.29 is 4.39 Å². The Bertz CT molecular complexity index is 1240. The molecule has 5 heteroatoms. The molecule has 1 aliphatic rings. The van der Waals surface area contributed by atoms with E-state index in [-0.39, 0.29) is 16.8 Å². The highest BCUT2D eigenvalue weighted by Crippen LogP contribution is 2.53. The van der Waals surface area contributed by atoms with E-state index in [1.165, 1.54) is 16.9 Å². The molecule has 4 aromatic rings. The minimum Gasteiger partial charge on any atom is -0.308 e. The van der Waals surface area contributed by atoms with Crippen molar-refractivity contribution in [2.24, 2.45) is 0 Å². The Morgan fingerprint density at radius 1 is 1.00 bits per heavy atom. The summed E-state index contributed by atoms with van der Waals surface area (Å²) < 4.78 is 14.9. The summed E-state index contributed by atoms with van der Waals surface area (Å²) in [6.45, 7) is 6.93. The number of hydrogen-bond donors (Lipinski definition) is 1. The van der Waals surface area contributed by atoms with E-state index in [9.17, 15) is 4.39 Å². The Morgan fingerprint density at radius 3 is 2.45 bits per heavy atom. The third-order valence-corrected chi connectivity index (χ3v) is 6.91. The van der Waals surface area contributed by atoms with Gasteiger partial charge in [-0.2, -0.15) is 0 Å². The van der Waals surface area contributed by atoms with E-state index in [2.05, 4.69) is 61.4 Å². The Morgan fingerprint density at radius 2 is 1.77 bits per heavy atom. The van der Waals surface area contributed by atoms with Gasteiger partial charge in [-0.05, 0) is 69.0 Å². The molecular formula is C26H26FN3S. The van der Waals surface area contributed by atoms with Gasteiger partial charge in [-0.15, -0.1) is 0 Å². The molecule has 1 N–H and O–H groups in total. The van der Waals surface area contributed by atoms with Crippen LogP contribution in [0.15, 0.2) is 60.7 Å². The minimum atomic E-state index is -0.240. The van der Waals surface area contributed by atoms with E-state index in [0.717, 1.165) is 34.4 Å². The van der Waals surface area contributed by atoms with E-state index in [4.69, 9.17) is 4.98 Å². The number of benzene rings is 2. The van der Waals surface area contributed by atoms with Crippen molar-refractivity contribution in [2.75, 3.05) is 0 Å². The van der Waals surface area contributed by atoms with Gasteiger partial charge in [0.25, 0.3) is 0 Å². The molecule has 2 heterocycles. The number of aromatic nitrogens is 2. The van der Waals surface area contributed by atoms with Crippen LogP contribution < -0.4 is 5.32 Å². The van der Waals surface area contributed by atoms with Crippen molar-refractivity contribution in [3.63, 3.8) is 0 Å². The van der Waals surface area contributed by atoms with Crippen LogP contribution in [-0.4, -0.2) is 15.5 Å². The van der Waals surface area contributed by atoms with Gasteiger partial charge in [-0.25, -0.2) is 14.4 Å². The SMILES string of the molecule is CC(C)(C)NCc1ccc(-c2nc3ccc(C4(c5ccccc5)CC4)nc3s2)c(F)c1. The monoisotopic (exact) mass is 431 g/mol. The van der Waals surface area contributed by atoms with Crippen molar-refractivity contribution in [3.05, 3.63) is 83.3 Å². The first-order chi connectivity index (χ1) is 14.8. The average molecular weight is 432 g/mol. The standard InChI is InChI=1S/C26H26FN3S/c1-25(2,3)28-16-17-9-10-19(20(27)15-17)23-29-21-11-12-22(30-24(21)31-23)26(13-14-26)18-7-5-4-6-8-18/h4-12,15,28H,13-14,16H2,1-3H3. The summed E-state index contributed by atoms with van der Waals surface area (Å²) >= 11 is 1.46. The first-order valence-corrected chi connectivity index (χ1v) is 11.5. The van der Waals surface area contributed by atoms with Crippen LogP contribution in [0.3, 0.4) is 0 Å². The number of halogens is 1. The average Bonchev–Trinajstić information content (AvgIpc) is 3.45. The van der Waals surface area contributed by atoms with Crippen LogP contribution in [0.25, 0.3) is 20.9 Å². The highest BCUT2D eigenvalue weighted by Gasteiger charge is 2.47. The largest absolute Gasteiger partial charge is 0.308 e. The number of rotatable bonds is 5. The Hall–Kier alpha value is -2.63. The minimum absolute atomic E-state index is 0.00970. The second kappa shape index (κ2) is 7.50. The third kappa shape index (κ3) is 4.00. The van der Waals surface area contributed by atoms with Gasteiger partial charge in [0.05, 0.1) is 5.69 Å². The predicted molar refractivity (Wildman–Crippen MR) is 126 cm³/mol. The van der Waals surface area contributed by atoms with Gasteiger partial charge in [0.1, 0.15) is 21.2 Å². The molecule has 0 unspecified atom stereocenters. The first kappa shape index (κ1) is 20.3. The van der Waals surface area contributed by atoms with Gasteiger partial charge in [-0.1, -0.05) is 47.7 Å². The van der Waals surface area contributed by atoms with Gasteiger partial charge in [0.15, 0.2) is 0 Å². The summed E-state index contributed by atoms with van der Waals surface area (Å²) in [4.78, 5) is 10.5. The zero-order valence-electron chi connectivity index (χ0n) is 18.1. The lowest BCUT2D eigenvalue weighted by molar-refractivity contribution is 0.423. The van der Waals surface area contributed by atoms with E-state index in [1.807, 2.05) is 24.3 Å². The molecule has 0 aliphatic heterocycles. The smallest absolute Gasteiger partial charge is 0.144 e. The fourth-order valence-corrected chi connectivity index (χ4v) is 4.95. The summed E-state index contributed by atoms with van der Waals surface area (Å²) in [6.07, 6.45) is 2.22. The fraction of sp³-hybridized carbons (Fsp3) is 0.308. The maximum absolute atomic E-state index is 14.9. The van der Waals surface area contributed by atoms with Crippen LogP contribution in [0.4, 0.5) is 4.39 Å². The Kier molecular flexibility index (Phi) is 4.91. The van der Waals surface area contributed by atoms with E-state index in [0.29, 0.717) is 17.1 Å². The number of hydrogen-bond acceptors (Lipinski definition) is 4. The van der Waals surface area contributed by atoms with E-state index < -0.39 is 0 Å². The molecule has 158 valence electrons. The summed E-state index contributed by atoms with van der Waals surface area (Å²) in [5.74, 6) is -0.240. The van der Waals surface area contributed by atoms with Crippen LogP contribution in [-0.2, 0) is 12.0 Å². The lowest BCUT2D eigenvalue weighted by Gasteiger charge is -2.20. The molecule has 0 amide bonds. The second-order valence-electron chi connectivity index (χ2n) is 9.41. The molecule has 3 nitrogen and oxygen atoms in total. The van der Waals surface area contributed by atoms with Gasteiger partial charge < -0.3 is 5.32 Å². The van der Waals surface area contributed by atoms with Crippen LogP contribution >= 0.6 is 11.3 Å². The van der Waals surface area contributed by atoms with Gasteiger partial charge in [-0.3, -0.25) is 0 Å². The third-order valence-electron chi connectivity index (χ3n) is 5.91. The van der Waals surface area contributed by atoms with E-state index >= 15 is 0 Å². The van der Waals surface area contributed by atoms with Crippen LogP contribution in [0.1, 0.15) is 50.4 Å². The molecule has 2 aromatic heterocycles. The number of fused-ring (bicyclic) bond motifs is 1. The lowest BCUT2D eigenvalue weighted by atomic mass is 9.92. The zero-order valence-corrected chi connectivity index (χ0v) is 18.9. The Balaban J connectivity index is 1.45. The normalized spacial score (nSPS) is 15.4. The molecule has 1 saturated carbocycles. The van der Waals surface area contributed by atoms with Crippen molar-refractivity contribution >= 4 is 21.7 Å². The van der Waals surface area contributed by atoms with Crippen LogP contribution in [0.2, 0.25) is 0 Å². The lowest BCUT2D eigenvalue weighted by Crippen LogP contribution is -2.35. The van der Waals surface area contributed by atoms with Crippen molar-refractivity contribution in [2.45, 2.75) is 51.1 Å². The number of pyridine rings is 1. The van der Waals surface area contributed by atoms with Gasteiger partial charge >= 0.3 is 0 Å². The number of nitrogens with one attached hydrogen (secondary N) is 1. The van der Waals surface area contributed by atoms with Crippen molar-refractivity contribution in [3.8, 4) is 10.6 Å².